The SMILES string of the molecule is O=C1NC(=O)N(c2ccc(Cl)cc2)C(=O)/C1=C/c1cc(Cl)ccc1OCc1ccc(Cl)cc1Cl. The van der Waals surface area contributed by atoms with Gasteiger partial charge in [-0.3, -0.25) is 14.9 Å². The van der Waals surface area contributed by atoms with E-state index in [0.717, 1.165) is 4.90 Å². The molecule has 4 amide bonds. The van der Waals surface area contributed by atoms with E-state index in [0.29, 0.717) is 37.0 Å². The zero-order valence-electron chi connectivity index (χ0n) is 17.2. The predicted molar refractivity (Wildman–Crippen MR) is 133 cm³/mol. The Hall–Kier alpha value is -3.03. The van der Waals surface area contributed by atoms with Crippen LogP contribution in [0.3, 0.4) is 0 Å². The van der Waals surface area contributed by atoms with Gasteiger partial charge in [-0.1, -0.05) is 52.5 Å². The van der Waals surface area contributed by atoms with Gasteiger partial charge in [-0.25, -0.2) is 9.69 Å². The van der Waals surface area contributed by atoms with Gasteiger partial charge in [-0.05, 0) is 60.7 Å². The fraction of sp³-hybridized carbons (Fsp3) is 0.0417. The third-order valence-corrected chi connectivity index (χ3v) is 5.93. The van der Waals surface area contributed by atoms with Gasteiger partial charge in [0.05, 0.1) is 5.69 Å². The number of halogens is 4. The first-order valence-corrected chi connectivity index (χ1v) is 11.3. The Morgan fingerprint density at radius 3 is 2.18 bits per heavy atom. The molecule has 1 heterocycles. The largest absolute Gasteiger partial charge is 0.488 e. The Kier molecular flexibility index (Phi) is 7.14. The second-order valence-electron chi connectivity index (χ2n) is 7.14. The Morgan fingerprint density at radius 2 is 1.47 bits per heavy atom. The fourth-order valence-electron chi connectivity index (χ4n) is 3.20. The van der Waals surface area contributed by atoms with Crippen molar-refractivity contribution in [3.8, 4) is 5.75 Å². The number of imide groups is 2. The molecule has 0 atom stereocenters. The molecule has 1 saturated heterocycles. The lowest BCUT2D eigenvalue weighted by Crippen LogP contribution is -2.54. The molecular weight excluding hydrogens is 522 g/mol. The number of nitrogens with one attached hydrogen (secondary N) is 1. The number of carbonyl (C=O) groups excluding carboxylic acids is 3. The van der Waals surface area contributed by atoms with Crippen LogP contribution < -0.4 is 15.0 Å². The van der Waals surface area contributed by atoms with Crippen LogP contribution in [-0.2, 0) is 16.2 Å². The molecule has 4 rings (SSSR count). The first-order valence-electron chi connectivity index (χ1n) is 9.76. The van der Waals surface area contributed by atoms with Gasteiger partial charge in [-0.2, -0.15) is 0 Å². The molecule has 1 N–H and O–H groups in total. The number of amides is 4. The van der Waals surface area contributed by atoms with Crippen molar-refractivity contribution >= 4 is 76.0 Å². The Balaban J connectivity index is 1.67. The molecule has 3 aromatic rings. The Bertz CT molecular complexity index is 1340. The summed E-state index contributed by atoms with van der Waals surface area (Å²) in [7, 11) is 0. The van der Waals surface area contributed by atoms with Crippen molar-refractivity contribution in [3.05, 3.63) is 97.5 Å². The maximum atomic E-state index is 13.1. The van der Waals surface area contributed by atoms with E-state index in [9.17, 15) is 14.4 Å². The van der Waals surface area contributed by atoms with Gasteiger partial charge in [0.2, 0.25) is 0 Å². The molecule has 0 radical (unpaired) electrons. The van der Waals surface area contributed by atoms with E-state index >= 15 is 0 Å². The van der Waals surface area contributed by atoms with E-state index in [1.54, 1.807) is 30.3 Å². The number of carbonyl (C=O) groups is 3. The third-order valence-electron chi connectivity index (χ3n) is 4.86. The number of benzene rings is 3. The number of urea groups is 1. The molecule has 6 nitrogen and oxygen atoms in total. The average molecular weight is 536 g/mol. The molecule has 0 unspecified atom stereocenters. The number of hydrogen-bond acceptors (Lipinski definition) is 4. The van der Waals surface area contributed by atoms with Gasteiger partial charge < -0.3 is 4.74 Å². The molecule has 172 valence electrons. The predicted octanol–water partition coefficient (Wildman–Crippen LogP) is 6.55. The van der Waals surface area contributed by atoms with Crippen molar-refractivity contribution in [3.63, 3.8) is 0 Å². The standard InChI is InChI=1S/C24H14Cl4N2O4/c25-15-3-6-18(7-4-15)30-23(32)19(22(31)29-24(30)33)10-14-9-16(26)5-8-21(14)34-12-13-1-2-17(27)11-20(13)28/h1-11H,12H2,(H,29,31,33)/b19-10+. The van der Waals surface area contributed by atoms with Crippen molar-refractivity contribution in [2.45, 2.75) is 6.61 Å². The van der Waals surface area contributed by atoms with Crippen LogP contribution in [0.4, 0.5) is 10.5 Å². The minimum absolute atomic E-state index is 0.101. The third kappa shape index (κ3) is 5.21. The highest BCUT2D eigenvalue weighted by Gasteiger charge is 2.37. The monoisotopic (exact) mass is 534 g/mol. The lowest BCUT2D eigenvalue weighted by Gasteiger charge is -2.26. The van der Waals surface area contributed by atoms with E-state index in [2.05, 4.69) is 5.32 Å². The summed E-state index contributed by atoms with van der Waals surface area (Å²) in [5, 5.41) is 3.89. The Labute approximate surface area is 214 Å². The van der Waals surface area contributed by atoms with Crippen LogP contribution in [0.15, 0.2) is 66.2 Å². The molecule has 0 spiro atoms. The number of barbiturate groups is 1. The van der Waals surface area contributed by atoms with Crippen molar-refractivity contribution in [2.75, 3.05) is 4.90 Å². The number of ether oxygens (including phenoxy) is 1. The van der Waals surface area contributed by atoms with Gasteiger partial charge in [0.1, 0.15) is 17.9 Å². The first-order chi connectivity index (χ1) is 16.2. The first kappa shape index (κ1) is 24.1. The molecule has 0 aromatic heterocycles. The van der Waals surface area contributed by atoms with Gasteiger partial charge in [0.15, 0.2) is 0 Å². The van der Waals surface area contributed by atoms with E-state index in [1.807, 2.05) is 0 Å². The summed E-state index contributed by atoms with van der Waals surface area (Å²) in [5.74, 6) is -1.30. The average Bonchev–Trinajstić information content (AvgIpc) is 2.78. The molecule has 0 bridgehead atoms. The van der Waals surface area contributed by atoms with Gasteiger partial charge in [-0.15, -0.1) is 0 Å². The van der Waals surface area contributed by atoms with Crippen LogP contribution in [-0.4, -0.2) is 17.8 Å². The Morgan fingerprint density at radius 1 is 0.824 bits per heavy atom. The lowest BCUT2D eigenvalue weighted by atomic mass is 10.1. The quantitative estimate of drug-likeness (QED) is 0.297. The molecule has 1 aliphatic heterocycles. The highest BCUT2D eigenvalue weighted by atomic mass is 35.5. The van der Waals surface area contributed by atoms with Crippen LogP contribution >= 0.6 is 46.4 Å². The summed E-state index contributed by atoms with van der Waals surface area (Å²) < 4.78 is 5.89. The number of hydrogen-bond donors (Lipinski definition) is 1. The smallest absolute Gasteiger partial charge is 0.335 e. The summed E-state index contributed by atoms with van der Waals surface area (Å²) in [4.78, 5) is 38.9. The van der Waals surface area contributed by atoms with Crippen LogP contribution in [0.5, 0.6) is 5.75 Å². The van der Waals surface area contributed by atoms with Gasteiger partial charge in [0, 0.05) is 31.2 Å². The molecule has 0 saturated carbocycles. The highest BCUT2D eigenvalue weighted by molar-refractivity contribution is 6.39. The summed E-state index contributed by atoms with van der Waals surface area (Å²) in [6.07, 6.45) is 1.32. The summed E-state index contributed by atoms with van der Waals surface area (Å²) in [5.41, 5.74) is 1.03. The minimum atomic E-state index is -0.866. The van der Waals surface area contributed by atoms with Crippen LogP contribution in [0.2, 0.25) is 20.1 Å². The number of rotatable bonds is 5. The summed E-state index contributed by atoms with van der Waals surface area (Å²) in [6.45, 7) is 0.101. The number of nitrogens with zero attached hydrogens (tertiary/aromatic N) is 1. The molecule has 0 aliphatic carbocycles. The molecular formula is C24H14Cl4N2O4. The molecule has 3 aromatic carbocycles. The second kappa shape index (κ2) is 10.1. The zero-order valence-corrected chi connectivity index (χ0v) is 20.2. The molecule has 10 heteroatoms. The lowest BCUT2D eigenvalue weighted by molar-refractivity contribution is -0.122. The van der Waals surface area contributed by atoms with Crippen molar-refractivity contribution in [1.29, 1.82) is 0 Å². The van der Waals surface area contributed by atoms with Crippen LogP contribution in [0.1, 0.15) is 11.1 Å². The van der Waals surface area contributed by atoms with Crippen LogP contribution in [0, 0.1) is 0 Å². The molecule has 1 fully saturated rings. The summed E-state index contributed by atoms with van der Waals surface area (Å²) in [6, 6.07) is 14.9. The van der Waals surface area contributed by atoms with Gasteiger partial charge >= 0.3 is 6.03 Å². The second-order valence-corrected chi connectivity index (χ2v) is 8.86. The van der Waals surface area contributed by atoms with Gasteiger partial charge in [0.25, 0.3) is 11.8 Å². The maximum absolute atomic E-state index is 13.1. The highest BCUT2D eigenvalue weighted by Crippen LogP contribution is 2.30. The molecule has 34 heavy (non-hydrogen) atoms. The van der Waals surface area contributed by atoms with Crippen molar-refractivity contribution in [1.82, 2.24) is 5.32 Å². The van der Waals surface area contributed by atoms with E-state index in [1.165, 1.54) is 36.4 Å². The van der Waals surface area contributed by atoms with E-state index in [-0.39, 0.29) is 17.9 Å². The molecule has 1 aliphatic rings. The maximum Gasteiger partial charge on any atom is 0.335 e. The van der Waals surface area contributed by atoms with Crippen molar-refractivity contribution in [2.24, 2.45) is 0 Å². The van der Waals surface area contributed by atoms with Crippen LogP contribution in [0.25, 0.3) is 6.08 Å². The zero-order chi connectivity index (χ0) is 24.4. The summed E-state index contributed by atoms with van der Waals surface area (Å²) >= 11 is 24.2. The number of anilines is 1. The van der Waals surface area contributed by atoms with E-state index < -0.39 is 17.8 Å². The van der Waals surface area contributed by atoms with E-state index in [4.69, 9.17) is 51.1 Å². The normalized spacial score (nSPS) is 15.0. The fourth-order valence-corrected chi connectivity index (χ4v) is 3.96. The minimum Gasteiger partial charge on any atom is -0.488 e. The van der Waals surface area contributed by atoms with Crippen molar-refractivity contribution < 1.29 is 19.1 Å². The topological polar surface area (TPSA) is 75.7 Å².